The minimum atomic E-state index is -0.445. The Hall–Kier alpha value is -1.97. The van der Waals surface area contributed by atoms with Crippen molar-refractivity contribution in [2.75, 3.05) is 0 Å². The Balaban J connectivity index is 1.96. The predicted molar refractivity (Wildman–Crippen MR) is 62.2 cm³/mol. The van der Waals surface area contributed by atoms with E-state index in [1.165, 1.54) is 22.2 Å². The van der Waals surface area contributed by atoms with Crippen LogP contribution in [0.15, 0.2) is 24.3 Å². The number of aromatic amines is 1. The lowest BCUT2D eigenvalue weighted by Crippen LogP contribution is -2.39. The highest BCUT2D eigenvalue weighted by Gasteiger charge is 2.25. The van der Waals surface area contributed by atoms with Crippen LogP contribution in [0.4, 0.5) is 4.79 Å². The molecule has 1 aromatic carbocycles. The lowest BCUT2D eigenvalue weighted by molar-refractivity contribution is 0.245. The quantitative estimate of drug-likeness (QED) is 0.659. The summed E-state index contributed by atoms with van der Waals surface area (Å²) in [4.78, 5) is 14.2. The highest BCUT2D eigenvalue weighted by atomic mass is 16.2. The number of primary amides is 1. The van der Waals surface area contributed by atoms with E-state index in [0.29, 0.717) is 0 Å². The first-order chi connectivity index (χ1) is 7.74. The molecule has 0 aliphatic heterocycles. The van der Waals surface area contributed by atoms with Crippen molar-refractivity contribution < 1.29 is 4.79 Å². The zero-order chi connectivity index (χ0) is 11.1. The standard InChI is InChI=1S/C12H13N3O/c13-12(16)14-7-5-9-8-3-1-2-4-10(8)15-11(9)6-7/h1-4,7,15H,5-6H2,(H3,13,14,16). The number of urea groups is 1. The van der Waals surface area contributed by atoms with Crippen LogP contribution in [0, 0.1) is 0 Å². The van der Waals surface area contributed by atoms with Crippen LogP contribution < -0.4 is 11.1 Å². The van der Waals surface area contributed by atoms with Gasteiger partial charge in [-0.25, -0.2) is 4.79 Å². The van der Waals surface area contributed by atoms with Gasteiger partial charge in [0.05, 0.1) is 0 Å². The molecule has 1 unspecified atom stereocenters. The molecule has 2 aromatic rings. The molecule has 82 valence electrons. The predicted octanol–water partition coefficient (Wildman–Crippen LogP) is 1.30. The van der Waals surface area contributed by atoms with E-state index in [2.05, 4.69) is 22.4 Å². The molecule has 0 radical (unpaired) electrons. The van der Waals surface area contributed by atoms with Crippen LogP contribution in [0.2, 0.25) is 0 Å². The van der Waals surface area contributed by atoms with E-state index in [4.69, 9.17) is 5.73 Å². The van der Waals surface area contributed by atoms with Crippen LogP contribution in [0.25, 0.3) is 10.9 Å². The van der Waals surface area contributed by atoms with E-state index in [1.54, 1.807) is 0 Å². The number of para-hydroxylation sites is 1. The summed E-state index contributed by atoms with van der Waals surface area (Å²) >= 11 is 0. The molecule has 3 rings (SSSR count). The van der Waals surface area contributed by atoms with Gasteiger partial charge < -0.3 is 16.0 Å². The van der Waals surface area contributed by atoms with Gasteiger partial charge in [-0.1, -0.05) is 18.2 Å². The molecule has 2 amide bonds. The largest absolute Gasteiger partial charge is 0.358 e. The number of H-pyrrole nitrogens is 1. The number of carbonyl (C=O) groups excluding carboxylic acids is 1. The van der Waals surface area contributed by atoms with Gasteiger partial charge in [0.2, 0.25) is 0 Å². The summed E-state index contributed by atoms with van der Waals surface area (Å²) in [5, 5.41) is 4.01. The number of nitrogens with two attached hydrogens (primary N) is 1. The molecule has 4 nitrogen and oxygen atoms in total. The fraction of sp³-hybridized carbons (Fsp3) is 0.250. The van der Waals surface area contributed by atoms with Gasteiger partial charge in [-0.05, 0) is 18.1 Å². The SMILES string of the molecule is NC(=O)NC1Cc2[nH]c3ccccc3c2C1. The number of aromatic nitrogens is 1. The number of benzene rings is 1. The lowest BCUT2D eigenvalue weighted by Gasteiger charge is -2.09. The van der Waals surface area contributed by atoms with Gasteiger partial charge >= 0.3 is 6.03 Å². The minimum Gasteiger partial charge on any atom is -0.358 e. The highest BCUT2D eigenvalue weighted by Crippen LogP contribution is 2.29. The number of amides is 2. The number of rotatable bonds is 1. The molecule has 1 atom stereocenters. The molecule has 4 N–H and O–H groups in total. The third kappa shape index (κ3) is 1.34. The highest BCUT2D eigenvalue weighted by molar-refractivity contribution is 5.85. The lowest BCUT2D eigenvalue weighted by atomic mass is 10.1. The number of carbonyl (C=O) groups is 1. The van der Waals surface area contributed by atoms with Crippen LogP contribution in [-0.2, 0) is 12.8 Å². The van der Waals surface area contributed by atoms with Crippen LogP contribution in [0.5, 0.6) is 0 Å². The van der Waals surface area contributed by atoms with Crippen molar-refractivity contribution >= 4 is 16.9 Å². The van der Waals surface area contributed by atoms with Crippen molar-refractivity contribution in [1.82, 2.24) is 10.3 Å². The van der Waals surface area contributed by atoms with Gasteiger partial charge in [0, 0.05) is 29.1 Å². The monoisotopic (exact) mass is 215 g/mol. The maximum atomic E-state index is 10.8. The van der Waals surface area contributed by atoms with Crippen LogP contribution in [0.3, 0.4) is 0 Å². The summed E-state index contributed by atoms with van der Waals surface area (Å²) in [5.41, 5.74) is 8.84. The van der Waals surface area contributed by atoms with E-state index in [0.717, 1.165) is 12.8 Å². The maximum Gasteiger partial charge on any atom is 0.312 e. The number of nitrogens with one attached hydrogen (secondary N) is 2. The van der Waals surface area contributed by atoms with Gasteiger partial charge in [0.25, 0.3) is 0 Å². The van der Waals surface area contributed by atoms with Crippen molar-refractivity contribution in [1.29, 1.82) is 0 Å². The Morgan fingerprint density at radius 1 is 1.38 bits per heavy atom. The first-order valence-electron chi connectivity index (χ1n) is 5.38. The van der Waals surface area contributed by atoms with Gasteiger partial charge in [-0.3, -0.25) is 0 Å². The molecule has 1 heterocycles. The van der Waals surface area contributed by atoms with Crippen molar-refractivity contribution in [3.63, 3.8) is 0 Å². The second-order valence-corrected chi connectivity index (χ2v) is 4.24. The number of hydrogen-bond acceptors (Lipinski definition) is 1. The van der Waals surface area contributed by atoms with Crippen molar-refractivity contribution in [3.8, 4) is 0 Å². The van der Waals surface area contributed by atoms with Crippen molar-refractivity contribution in [3.05, 3.63) is 35.5 Å². The van der Waals surface area contributed by atoms with Crippen LogP contribution >= 0.6 is 0 Å². The molecule has 4 heteroatoms. The molecule has 0 saturated heterocycles. The Morgan fingerprint density at radius 2 is 2.19 bits per heavy atom. The molecule has 0 bridgehead atoms. The average Bonchev–Trinajstić information content (AvgIpc) is 2.73. The Morgan fingerprint density at radius 3 is 3.00 bits per heavy atom. The van der Waals surface area contributed by atoms with Gasteiger partial charge in [0.15, 0.2) is 0 Å². The third-order valence-corrected chi connectivity index (χ3v) is 3.15. The van der Waals surface area contributed by atoms with Crippen molar-refractivity contribution in [2.45, 2.75) is 18.9 Å². The molecule has 1 aromatic heterocycles. The smallest absolute Gasteiger partial charge is 0.312 e. The first kappa shape index (κ1) is 9.27. The fourth-order valence-corrected chi connectivity index (χ4v) is 2.53. The Labute approximate surface area is 92.8 Å². The third-order valence-electron chi connectivity index (χ3n) is 3.15. The molecule has 0 saturated carbocycles. The average molecular weight is 215 g/mol. The summed E-state index contributed by atoms with van der Waals surface area (Å²) in [6.45, 7) is 0. The summed E-state index contributed by atoms with van der Waals surface area (Å²) in [6, 6.07) is 7.93. The zero-order valence-corrected chi connectivity index (χ0v) is 8.79. The molecule has 1 aliphatic rings. The van der Waals surface area contributed by atoms with E-state index in [1.807, 2.05) is 12.1 Å². The Kier molecular flexibility index (Phi) is 1.89. The maximum absolute atomic E-state index is 10.8. The van der Waals surface area contributed by atoms with E-state index in [-0.39, 0.29) is 6.04 Å². The van der Waals surface area contributed by atoms with Gasteiger partial charge in [0.1, 0.15) is 0 Å². The van der Waals surface area contributed by atoms with Crippen molar-refractivity contribution in [2.24, 2.45) is 5.73 Å². The normalized spacial score (nSPS) is 18.6. The minimum absolute atomic E-state index is 0.142. The van der Waals surface area contributed by atoms with E-state index >= 15 is 0 Å². The van der Waals surface area contributed by atoms with Gasteiger partial charge in [-0.2, -0.15) is 0 Å². The topological polar surface area (TPSA) is 70.9 Å². The number of hydrogen-bond donors (Lipinski definition) is 3. The molecule has 16 heavy (non-hydrogen) atoms. The second-order valence-electron chi connectivity index (χ2n) is 4.24. The molecule has 1 aliphatic carbocycles. The fourth-order valence-electron chi connectivity index (χ4n) is 2.53. The van der Waals surface area contributed by atoms with Gasteiger partial charge in [-0.15, -0.1) is 0 Å². The summed E-state index contributed by atoms with van der Waals surface area (Å²) in [6.07, 6.45) is 1.70. The van der Waals surface area contributed by atoms with Crippen LogP contribution in [-0.4, -0.2) is 17.1 Å². The number of fused-ring (bicyclic) bond motifs is 3. The molecular formula is C12H13N3O. The molecular weight excluding hydrogens is 202 g/mol. The first-order valence-corrected chi connectivity index (χ1v) is 5.38. The van der Waals surface area contributed by atoms with E-state index in [9.17, 15) is 4.79 Å². The molecule has 0 spiro atoms. The second kappa shape index (κ2) is 3.27. The Bertz CT molecular complexity index is 558. The van der Waals surface area contributed by atoms with Crippen LogP contribution in [0.1, 0.15) is 11.3 Å². The summed E-state index contributed by atoms with van der Waals surface area (Å²) < 4.78 is 0. The summed E-state index contributed by atoms with van der Waals surface area (Å²) in [7, 11) is 0. The summed E-state index contributed by atoms with van der Waals surface area (Å²) in [5.74, 6) is 0. The molecule has 0 fully saturated rings. The van der Waals surface area contributed by atoms with E-state index < -0.39 is 6.03 Å². The zero-order valence-electron chi connectivity index (χ0n) is 8.79.